The summed E-state index contributed by atoms with van der Waals surface area (Å²) >= 11 is 8.44. The van der Waals surface area contributed by atoms with Gasteiger partial charge in [0, 0.05) is 15.4 Å². The summed E-state index contributed by atoms with van der Waals surface area (Å²) in [4.78, 5) is 4.40. The highest BCUT2D eigenvalue weighted by atomic mass is 79.9. The van der Waals surface area contributed by atoms with Gasteiger partial charge in [-0.25, -0.2) is 4.98 Å². The molecule has 2 rings (SSSR count). The normalized spacial score (nSPS) is 10.5. The van der Waals surface area contributed by atoms with E-state index in [4.69, 9.17) is 0 Å². The lowest BCUT2D eigenvalue weighted by molar-refractivity contribution is 1.34. The molecule has 0 spiro atoms. The first-order valence-corrected chi connectivity index (χ1v) is 6.51. The molecular formula is C10H7Br2NS. The van der Waals surface area contributed by atoms with E-state index in [1.54, 1.807) is 11.3 Å². The van der Waals surface area contributed by atoms with Crippen molar-refractivity contribution in [3.63, 3.8) is 0 Å². The highest BCUT2D eigenvalue weighted by molar-refractivity contribution is 9.11. The average Bonchev–Trinajstić information content (AvgIpc) is 2.56. The van der Waals surface area contributed by atoms with Crippen molar-refractivity contribution in [3.05, 3.63) is 37.5 Å². The topological polar surface area (TPSA) is 12.9 Å². The molecule has 2 aromatic rings. The van der Waals surface area contributed by atoms with Crippen molar-refractivity contribution >= 4 is 43.2 Å². The molecule has 0 fully saturated rings. The summed E-state index contributed by atoms with van der Waals surface area (Å²) in [6.45, 7) is 2.09. The van der Waals surface area contributed by atoms with Gasteiger partial charge in [0.2, 0.25) is 0 Å². The first kappa shape index (κ1) is 10.3. The standard InChI is InChI=1S/C10H7Br2NS/c1-6-2-3-7(11)4-8(6)9-5-14-10(12)13-9/h2-5H,1H3. The SMILES string of the molecule is Cc1ccc(Br)cc1-c1csc(Br)n1. The molecule has 0 aliphatic carbocycles. The Morgan fingerprint density at radius 3 is 2.71 bits per heavy atom. The number of nitrogens with zero attached hydrogens (tertiary/aromatic N) is 1. The van der Waals surface area contributed by atoms with Crippen LogP contribution in [-0.2, 0) is 0 Å². The van der Waals surface area contributed by atoms with Crippen LogP contribution < -0.4 is 0 Å². The van der Waals surface area contributed by atoms with Crippen molar-refractivity contribution in [1.29, 1.82) is 0 Å². The summed E-state index contributed by atoms with van der Waals surface area (Å²) < 4.78 is 2.01. The number of benzene rings is 1. The van der Waals surface area contributed by atoms with Gasteiger partial charge in [-0.3, -0.25) is 0 Å². The molecule has 14 heavy (non-hydrogen) atoms. The largest absolute Gasteiger partial charge is 0.229 e. The fraction of sp³-hybridized carbons (Fsp3) is 0.100. The van der Waals surface area contributed by atoms with E-state index < -0.39 is 0 Å². The summed E-state index contributed by atoms with van der Waals surface area (Å²) in [5.74, 6) is 0. The van der Waals surface area contributed by atoms with Crippen LogP contribution in [0.2, 0.25) is 0 Å². The fourth-order valence-corrected chi connectivity index (χ4v) is 2.62. The Bertz CT molecular complexity index is 465. The summed E-state index contributed by atoms with van der Waals surface area (Å²) in [6.07, 6.45) is 0. The van der Waals surface area contributed by atoms with E-state index in [-0.39, 0.29) is 0 Å². The van der Waals surface area contributed by atoms with Gasteiger partial charge in [-0.1, -0.05) is 22.0 Å². The van der Waals surface area contributed by atoms with Crippen molar-refractivity contribution in [2.75, 3.05) is 0 Å². The molecule has 0 atom stereocenters. The first-order valence-electron chi connectivity index (χ1n) is 4.04. The Labute approximate surface area is 103 Å². The molecule has 0 unspecified atom stereocenters. The molecule has 0 saturated heterocycles. The summed E-state index contributed by atoms with van der Waals surface area (Å²) in [5.41, 5.74) is 3.45. The average molecular weight is 333 g/mol. The number of aromatic nitrogens is 1. The molecule has 0 radical (unpaired) electrons. The molecule has 0 bridgehead atoms. The Morgan fingerprint density at radius 2 is 2.07 bits per heavy atom. The Morgan fingerprint density at radius 1 is 1.29 bits per heavy atom. The van der Waals surface area contributed by atoms with Crippen LogP contribution in [0.1, 0.15) is 5.56 Å². The second kappa shape index (κ2) is 4.13. The minimum absolute atomic E-state index is 0.923. The summed E-state index contributed by atoms with van der Waals surface area (Å²) in [7, 11) is 0. The lowest BCUT2D eigenvalue weighted by Gasteiger charge is -2.02. The van der Waals surface area contributed by atoms with Gasteiger partial charge >= 0.3 is 0 Å². The molecule has 1 heterocycles. The second-order valence-electron chi connectivity index (χ2n) is 2.94. The predicted octanol–water partition coefficient (Wildman–Crippen LogP) is 4.64. The van der Waals surface area contributed by atoms with Gasteiger partial charge < -0.3 is 0 Å². The number of aryl methyl sites for hydroxylation is 1. The summed E-state index contributed by atoms with van der Waals surface area (Å²) in [5, 5.41) is 2.05. The molecular weight excluding hydrogens is 326 g/mol. The number of thiazole rings is 1. The van der Waals surface area contributed by atoms with Crippen LogP contribution in [0.4, 0.5) is 0 Å². The van der Waals surface area contributed by atoms with Gasteiger partial charge in [0.15, 0.2) is 3.92 Å². The van der Waals surface area contributed by atoms with E-state index in [1.165, 1.54) is 11.1 Å². The van der Waals surface area contributed by atoms with Crippen LogP contribution >= 0.6 is 43.2 Å². The van der Waals surface area contributed by atoms with Crippen molar-refractivity contribution in [1.82, 2.24) is 4.98 Å². The quantitative estimate of drug-likeness (QED) is 0.741. The zero-order chi connectivity index (χ0) is 10.1. The fourth-order valence-electron chi connectivity index (χ4n) is 1.25. The maximum atomic E-state index is 4.40. The maximum Gasteiger partial charge on any atom is 0.159 e. The van der Waals surface area contributed by atoms with E-state index in [0.29, 0.717) is 0 Å². The van der Waals surface area contributed by atoms with E-state index in [2.05, 4.69) is 61.3 Å². The van der Waals surface area contributed by atoms with E-state index >= 15 is 0 Å². The van der Waals surface area contributed by atoms with Gasteiger partial charge in [0.25, 0.3) is 0 Å². The van der Waals surface area contributed by atoms with Crippen molar-refractivity contribution in [2.24, 2.45) is 0 Å². The number of halogens is 2. The molecule has 0 aliphatic rings. The minimum atomic E-state index is 0.923. The first-order chi connectivity index (χ1) is 6.66. The number of hydrogen-bond donors (Lipinski definition) is 0. The van der Waals surface area contributed by atoms with Gasteiger partial charge in [-0.15, -0.1) is 11.3 Å². The zero-order valence-corrected chi connectivity index (χ0v) is 11.4. The summed E-state index contributed by atoms with van der Waals surface area (Å²) in [6, 6.07) is 6.23. The monoisotopic (exact) mass is 331 g/mol. The molecule has 0 N–H and O–H groups in total. The maximum absolute atomic E-state index is 4.40. The number of hydrogen-bond acceptors (Lipinski definition) is 2. The lowest BCUT2D eigenvalue weighted by Crippen LogP contribution is -1.82. The van der Waals surface area contributed by atoms with Crippen LogP contribution in [0.5, 0.6) is 0 Å². The molecule has 1 aromatic carbocycles. The Kier molecular flexibility index (Phi) is 3.04. The predicted molar refractivity (Wildman–Crippen MR) is 67.7 cm³/mol. The van der Waals surface area contributed by atoms with Crippen LogP contribution in [0.15, 0.2) is 32.0 Å². The highest BCUT2D eigenvalue weighted by Crippen LogP contribution is 2.29. The zero-order valence-electron chi connectivity index (χ0n) is 7.42. The lowest BCUT2D eigenvalue weighted by atomic mass is 10.1. The van der Waals surface area contributed by atoms with E-state index in [0.717, 1.165) is 14.1 Å². The van der Waals surface area contributed by atoms with Gasteiger partial charge in [-0.2, -0.15) is 0 Å². The molecule has 72 valence electrons. The smallest absolute Gasteiger partial charge is 0.159 e. The molecule has 4 heteroatoms. The van der Waals surface area contributed by atoms with Crippen LogP contribution in [0.3, 0.4) is 0 Å². The van der Waals surface area contributed by atoms with E-state index in [1.807, 2.05) is 6.07 Å². The number of rotatable bonds is 1. The third-order valence-corrected chi connectivity index (χ3v) is 3.81. The highest BCUT2D eigenvalue weighted by Gasteiger charge is 2.06. The van der Waals surface area contributed by atoms with Gasteiger partial charge in [0.05, 0.1) is 5.69 Å². The molecule has 1 aromatic heterocycles. The Hall–Kier alpha value is -0.190. The van der Waals surface area contributed by atoms with Gasteiger partial charge in [0.1, 0.15) is 0 Å². The van der Waals surface area contributed by atoms with Crippen molar-refractivity contribution < 1.29 is 0 Å². The second-order valence-corrected chi connectivity index (χ2v) is 5.99. The molecule has 0 aliphatic heterocycles. The third-order valence-electron chi connectivity index (χ3n) is 1.95. The Balaban J connectivity index is 2.55. The molecule has 1 nitrogen and oxygen atoms in total. The van der Waals surface area contributed by atoms with Gasteiger partial charge in [-0.05, 0) is 40.5 Å². The van der Waals surface area contributed by atoms with Crippen molar-refractivity contribution in [2.45, 2.75) is 6.92 Å². The van der Waals surface area contributed by atoms with Crippen molar-refractivity contribution in [3.8, 4) is 11.3 Å². The van der Waals surface area contributed by atoms with Crippen LogP contribution in [0, 0.1) is 6.92 Å². The van der Waals surface area contributed by atoms with E-state index in [9.17, 15) is 0 Å². The third kappa shape index (κ3) is 2.07. The van der Waals surface area contributed by atoms with Crippen LogP contribution in [0.25, 0.3) is 11.3 Å². The van der Waals surface area contributed by atoms with Crippen LogP contribution in [-0.4, -0.2) is 4.98 Å². The molecule has 0 saturated carbocycles. The minimum Gasteiger partial charge on any atom is -0.229 e. The molecule has 0 amide bonds.